The molecule has 1 aromatic rings. The third kappa shape index (κ3) is 5.36. The summed E-state index contributed by atoms with van der Waals surface area (Å²) in [5, 5.41) is 3.50. The maximum atomic E-state index is 3.50. The van der Waals surface area contributed by atoms with Crippen LogP contribution >= 0.6 is 0 Å². The number of unbranched alkanes of at least 4 members (excludes halogenated alkanes) is 3. The van der Waals surface area contributed by atoms with Crippen molar-refractivity contribution in [2.24, 2.45) is 0 Å². The maximum Gasteiger partial charge on any atom is 0.0220 e. The normalized spacial score (nSPS) is 10.9. The van der Waals surface area contributed by atoms with E-state index in [1.165, 1.54) is 37.7 Å². The van der Waals surface area contributed by atoms with Crippen molar-refractivity contribution in [3.63, 3.8) is 0 Å². The van der Waals surface area contributed by atoms with E-state index in [4.69, 9.17) is 0 Å². The molecule has 1 aromatic heterocycles. The molecule has 0 aliphatic rings. The number of nitrogens with one attached hydrogen (secondary N) is 1. The molecule has 0 unspecified atom stereocenters. The van der Waals surface area contributed by atoms with Gasteiger partial charge in [0.2, 0.25) is 0 Å². The molecule has 0 saturated heterocycles. The maximum absolute atomic E-state index is 3.50. The van der Waals surface area contributed by atoms with E-state index in [2.05, 4.69) is 42.2 Å². The average molecular weight is 222 g/mol. The average Bonchev–Trinajstić information content (AvgIpc) is 2.72. The smallest absolute Gasteiger partial charge is 0.0220 e. The van der Waals surface area contributed by atoms with E-state index in [0.29, 0.717) is 0 Å². The van der Waals surface area contributed by atoms with Crippen molar-refractivity contribution in [2.75, 3.05) is 6.54 Å². The number of rotatable bonds is 9. The molecule has 0 aliphatic heterocycles. The zero-order chi connectivity index (χ0) is 11.6. The van der Waals surface area contributed by atoms with E-state index >= 15 is 0 Å². The lowest BCUT2D eigenvalue weighted by Gasteiger charge is -2.03. The highest BCUT2D eigenvalue weighted by atomic mass is 14.9. The van der Waals surface area contributed by atoms with Crippen LogP contribution in [-0.2, 0) is 13.1 Å². The summed E-state index contributed by atoms with van der Waals surface area (Å²) in [4.78, 5) is 0. The second kappa shape index (κ2) is 8.40. The third-order valence-corrected chi connectivity index (χ3v) is 2.83. The molecule has 0 aliphatic carbocycles. The molecule has 0 radical (unpaired) electrons. The van der Waals surface area contributed by atoms with Crippen LogP contribution in [0.1, 0.15) is 51.5 Å². The van der Waals surface area contributed by atoms with Gasteiger partial charge in [0.1, 0.15) is 0 Å². The predicted molar refractivity (Wildman–Crippen MR) is 70.6 cm³/mol. The van der Waals surface area contributed by atoms with Gasteiger partial charge in [-0.05, 0) is 31.0 Å². The van der Waals surface area contributed by atoms with Gasteiger partial charge in [-0.15, -0.1) is 0 Å². The van der Waals surface area contributed by atoms with Gasteiger partial charge in [0.15, 0.2) is 0 Å². The van der Waals surface area contributed by atoms with Gasteiger partial charge >= 0.3 is 0 Å². The minimum Gasteiger partial charge on any atom is -0.354 e. The Balaban J connectivity index is 2.07. The first-order valence-corrected chi connectivity index (χ1v) is 6.72. The lowest BCUT2D eigenvalue weighted by atomic mass is 10.2. The van der Waals surface area contributed by atoms with Crippen molar-refractivity contribution >= 4 is 0 Å². The standard InChI is InChI=1S/C14H26N2/c1-3-5-6-7-9-15-12-14-8-11-16(13-14)10-4-2/h8,11,13,15H,3-7,9-10,12H2,1-2H3. The summed E-state index contributed by atoms with van der Waals surface area (Å²) >= 11 is 0. The van der Waals surface area contributed by atoms with Gasteiger partial charge in [-0.2, -0.15) is 0 Å². The van der Waals surface area contributed by atoms with Gasteiger partial charge in [-0.1, -0.05) is 33.1 Å². The molecule has 0 aromatic carbocycles. The summed E-state index contributed by atoms with van der Waals surface area (Å²) in [5.41, 5.74) is 1.41. The van der Waals surface area contributed by atoms with E-state index in [0.717, 1.165) is 19.6 Å². The minimum absolute atomic E-state index is 1.02. The molecule has 0 spiro atoms. The van der Waals surface area contributed by atoms with E-state index in [9.17, 15) is 0 Å². The topological polar surface area (TPSA) is 17.0 Å². The van der Waals surface area contributed by atoms with Gasteiger partial charge in [0, 0.05) is 25.5 Å². The zero-order valence-electron chi connectivity index (χ0n) is 10.8. The van der Waals surface area contributed by atoms with Crippen LogP contribution in [0.25, 0.3) is 0 Å². The number of hydrogen-bond donors (Lipinski definition) is 1. The summed E-state index contributed by atoms with van der Waals surface area (Å²) in [6.45, 7) is 7.77. The van der Waals surface area contributed by atoms with Crippen LogP contribution in [0.15, 0.2) is 18.5 Å². The Morgan fingerprint density at radius 2 is 2.00 bits per heavy atom. The Bertz CT molecular complexity index is 265. The molecule has 1 heterocycles. The Kier molecular flexibility index (Phi) is 6.98. The molecule has 2 nitrogen and oxygen atoms in total. The summed E-state index contributed by atoms with van der Waals surface area (Å²) in [6.07, 6.45) is 11.0. The quantitative estimate of drug-likeness (QED) is 0.632. The zero-order valence-corrected chi connectivity index (χ0v) is 10.8. The van der Waals surface area contributed by atoms with Crippen molar-refractivity contribution < 1.29 is 0 Å². The van der Waals surface area contributed by atoms with Crippen molar-refractivity contribution in [3.05, 3.63) is 24.0 Å². The predicted octanol–water partition coefficient (Wildman–Crippen LogP) is 3.57. The summed E-state index contributed by atoms with van der Waals surface area (Å²) in [5.74, 6) is 0. The van der Waals surface area contributed by atoms with Crippen LogP contribution in [0, 0.1) is 0 Å². The Labute approximate surface area is 100 Å². The van der Waals surface area contributed by atoms with Crippen molar-refractivity contribution in [1.82, 2.24) is 9.88 Å². The summed E-state index contributed by atoms with van der Waals surface area (Å²) in [7, 11) is 0. The summed E-state index contributed by atoms with van der Waals surface area (Å²) < 4.78 is 2.27. The van der Waals surface area contributed by atoms with E-state index in [1.54, 1.807) is 0 Å². The van der Waals surface area contributed by atoms with Crippen LogP contribution in [0.2, 0.25) is 0 Å². The summed E-state index contributed by atoms with van der Waals surface area (Å²) in [6, 6.07) is 2.22. The van der Waals surface area contributed by atoms with Gasteiger partial charge in [-0.3, -0.25) is 0 Å². The van der Waals surface area contributed by atoms with Crippen molar-refractivity contribution in [3.8, 4) is 0 Å². The number of nitrogens with zero attached hydrogens (tertiary/aromatic N) is 1. The van der Waals surface area contributed by atoms with Gasteiger partial charge in [0.25, 0.3) is 0 Å². The van der Waals surface area contributed by atoms with Gasteiger partial charge in [-0.25, -0.2) is 0 Å². The first kappa shape index (κ1) is 13.3. The highest BCUT2D eigenvalue weighted by Crippen LogP contribution is 2.02. The molecule has 0 saturated carbocycles. The molecule has 16 heavy (non-hydrogen) atoms. The fraction of sp³-hybridized carbons (Fsp3) is 0.714. The van der Waals surface area contributed by atoms with E-state index in [1.807, 2.05) is 0 Å². The lowest BCUT2D eigenvalue weighted by Crippen LogP contribution is -2.14. The number of aromatic nitrogens is 1. The van der Waals surface area contributed by atoms with Crippen molar-refractivity contribution in [2.45, 2.75) is 59.0 Å². The minimum atomic E-state index is 1.02. The first-order chi connectivity index (χ1) is 7.86. The van der Waals surface area contributed by atoms with Crippen LogP contribution < -0.4 is 5.32 Å². The van der Waals surface area contributed by atoms with E-state index in [-0.39, 0.29) is 0 Å². The lowest BCUT2D eigenvalue weighted by molar-refractivity contribution is 0.597. The monoisotopic (exact) mass is 222 g/mol. The van der Waals surface area contributed by atoms with Crippen LogP contribution in [0.5, 0.6) is 0 Å². The largest absolute Gasteiger partial charge is 0.354 e. The molecular formula is C14H26N2. The SMILES string of the molecule is CCCCCCNCc1ccn(CCC)c1. The molecule has 1 rings (SSSR count). The fourth-order valence-electron chi connectivity index (χ4n) is 1.90. The second-order valence-corrected chi connectivity index (χ2v) is 4.50. The Hall–Kier alpha value is -0.760. The van der Waals surface area contributed by atoms with E-state index < -0.39 is 0 Å². The highest BCUT2D eigenvalue weighted by molar-refractivity contribution is 5.09. The molecule has 0 amide bonds. The number of hydrogen-bond acceptors (Lipinski definition) is 1. The molecule has 92 valence electrons. The van der Waals surface area contributed by atoms with Crippen LogP contribution in [-0.4, -0.2) is 11.1 Å². The Morgan fingerprint density at radius 1 is 1.12 bits per heavy atom. The first-order valence-electron chi connectivity index (χ1n) is 6.72. The second-order valence-electron chi connectivity index (χ2n) is 4.50. The van der Waals surface area contributed by atoms with Gasteiger partial charge in [0.05, 0.1) is 0 Å². The Morgan fingerprint density at radius 3 is 2.75 bits per heavy atom. The molecule has 0 atom stereocenters. The third-order valence-electron chi connectivity index (χ3n) is 2.83. The number of aryl methyl sites for hydroxylation is 1. The molecule has 0 bridgehead atoms. The fourth-order valence-corrected chi connectivity index (χ4v) is 1.90. The van der Waals surface area contributed by atoms with Gasteiger partial charge < -0.3 is 9.88 Å². The molecule has 1 N–H and O–H groups in total. The molecule has 0 fully saturated rings. The molecular weight excluding hydrogens is 196 g/mol. The van der Waals surface area contributed by atoms with Crippen LogP contribution in [0.4, 0.5) is 0 Å². The highest BCUT2D eigenvalue weighted by Gasteiger charge is 1.95. The van der Waals surface area contributed by atoms with Crippen molar-refractivity contribution in [1.29, 1.82) is 0 Å². The van der Waals surface area contributed by atoms with Crippen LogP contribution in [0.3, 0.4) is 0 Å². The molecule has 2 heteroatoms.